The summed E-state index contributed by atoms with van der Waals surface area (Å²) < 4.78 is 1.71. The van der Waals surface area contributed by atoms with E-state index in [0.717, 1.165) is 24.1 Å². The molecule has 3 N–H and O–H groups in total. The van der Waals surface area contributed by atoms with Crippen molar-refractivity contribution in [2.75, 3.05) is 0 Å². The molecule has 120 valence electrons. The van der Waals surface area contributed by atoms with Crippen LogP contribution in [-0.4, -0.2) is 26.7 Å². The number of nitrogens with one attached hydrogen (secondary N) is 1. The van der Waals surface area contributed by atoms with Gasteiger partial charge >= 0.3 is 0 Å². The predicted molar refractivity (Wildman–Crippen MR) is 85.5 cm³/mol. The molecule has 0 spiro atoms. The SMILES string of the molecule is NC1C2CCC(C2)C1C(=O)NCc1ccc(-n2cncn2)cc1. The van der Waals surface area contributed by atoms with Gasteiger partial charge in [0.15, 0.2) is 0 Å². The first-order valence-electron chi connectivity index (χ1n) is 8.19. The van der Waals surface area contributed by atoms with Crippen molar-refractivity contribution in [2.45, 2.75) is 31.8 Å². The summed E-state index contributed by atoms with van der Waals surface area (Å²) in [6, 6.07) is 7.98. The summed E-state index contributed by atoms with van der Waals surface area (Å²) in [6.07, 6.45) is 6.65. The Labute approximate surface area is 135 Å². The van der Waals surface area contributed by atoms with E-state index in [1.165, 1.54) is 12.7 Å². The van der Waals surface area contributed by atoms with Gasteiger partial charge in [0.2, 0.25) is 5.91 Å². The van der Waals surface area contributed by atoms with E-state index in [1.54, 1.807) is 11.0 Å². The average molecular weight is 311 g/mol. The van der Waals surface area contributed by atoms with Crippen molar-refractivity contribution in [1.82, 2.24) is 20.1 Å². The molecule has 0 saturated heterocycles. The van der Waals surface area contributed by atoms with Gasteiger partial charge in [-0.25, -0.2) is 9.67 Å². The molecule has 4 unspecified atom stereocenters. The number of amides is 1. The van der Waals surface area contributed by atoms with Crippen molar-refractivity contribution in [3.8, 4) is 5.69 Å². The maximum Gasteiger partial charge on any atom is 0.225 e. The number of nitrogens with two attached hydrogens (primary N) is 1. The smallest absolute Gasteiger partial charge is 0.225 e. The van der Waals surface area contributed by atoms with Gasteiger partial charge in [0.25, 0.3) is 0 Å². The van der Waals surface area contributed by atoms with Crippen molar-refractivity contribution < 1.29 is 4.79 Å². The van der Waals surface area contributed by atoms with Crippen LogP contribution in [0.25, 0.3) is 5.69 Å². The Kier molecular flexibility index (Phi) is 3.61. The third kappa shape index (κ3) is 2.63. The van der Waals surface area contributed by atoms with Gasteiger partial charge in [-0.15, -0.1) is 0 Å². The van der Waals surface area contributed by atoms with E-state index < -0.39 is 0 Å². The Morgan fingerprint density at radius 3 is 2.70 bits per heavy atom. The molecule has 2 fully saturated rings. The molecule has 4 atom stereocenters. The highest BCUT2D eigenvalue weighted by Crippen LogP contribution is 2.47. The van der Waals surface area contributed by atoms with Crippen LogP contribution in [0, 0.1) is 17.8 Å². The molecule has 6 nitrogen and oxygen atoms in total. The Balaban J connectivity index is 1.37. The first kappa shape index (κ1) is 14.4. The zero-order chi connectivity index (χ0) is 15.8. The lowest BCUT2D eigenvalue weighted by Gasteiger charge is -2.27. The fraction of sp³-hybridized carbons (Fsp3) is 0.471. The molecule has 23 heavy (non-hydrogen) atoms. The normalized spacial score (nSPS) is 28.9. The van der Waals surface area contributed by atoms with Crippen LogP contribution in [0.4, 0.5) is 0 Å². The first-order valence-corrected chi connectivity index (χ1v) is 8.19. The van der Waals surface area contributed by atoms with Crippen molar-refractivity contribution in [3.63, 3.8) is 0 Å². The second-order valence-corrected chi connectivity index (χ2v) is 6.66. The Morgan fingerprint density at radius 2 is 2.04 bits per heavy atom. The highest BCUT2D eigenvalue weighted by molar-refractivity contribution is 5.80. The molecule has 1 aromatic carbocycles. The molecular weight excluding hydrogens is 290 g/mol. The zero-order valence-corrected chi connectivity index (χ0v) is 12.9. The molecule has 2 aliphatic rings. The number of aromatic nitrogens is 3. The third-order valence-corrected chi connectivity index (χ3v) is 5.37. The molecule has 1 aromatic heterocycles. The number of benzene rings is 1. The van der Waals surface area contributed by atoms with Crippen molar-refractivity contribution in [2.24, 2.45) is 23.5 Å². The number of carbonyl (C=O) groups excluding carboxylic acids is 1. The van der Waals surface area contributed by atoms with Gasteiger partial charge in [0, 0.05) is 12.6 Å². The number of carbonyl (C=O) groups is 1. The van der Waals surface area contributed by atoms with E-state index in [2.05, 4.69) is 15.4 Å². The fourth-order valence-electron chi connectivity index (χ4n) is 4.14. The Morgan fingerprint density at radius 1 is 1.26 bits per heavy atom. The van der Waals surface area contributed by atoms with Crippen LogP contribution < -0.4 is 11.1 Å². The van der Waals surface area contributed by atoms with Gasteiger partial charge in [-0.3, -0.25) is 4.79 Å². The monoisotopic (exact) mass is 311 g/mol. The lowest BCUT2D eigenvalue weighted by Crippen LogP contribution is -2.45. The summed E-state index contributed by atoms with van der Waals surface area (Å²) in [7, 11) is 0. The lowest BCUT2D eigenvalue weighted by molar-refractivity contribution is -0.127. The van der Waals surface area contributed by atoms with E-state index >= 15 is 0 Å². The van der Waals surface area contributed by atoms with Gasteiger partial charge < -0.3 is 11.1 Å². The standard InChI is InChI=1S/C17H21N5O/c18-16-13-4-3-12(7-13)15(16)17(23)20-8-11-1-5-14(6-2-11)22-10-19-9-21-22/h1-2,5-6,9-10,12-13,15-16H,3-4,7-8,18H2,(H,20,23). The molecule has 1 amide bonds. The van der Waals surface area contributed by atoms with E-state index in [9.17, 15) is 4.79 Å². The summed E-state index contributed by atoms with van der Waals surface area (Å²) in [4.78, 5) is 16.4. The van der Waals surface area contributed by atoms with Gasteiger partial charge in [0.05, 0.1) is 11.6 Å². The molecule has 6 heteroatoms. The quantitative estimate of drug-likeness (QED) is 0.890. The van der Waals surface area contributed by atoms with Crippen LogP contribution in [0.2, 0.25) is 0 Å². The molecule has 4 rings (SSSR count). The highest BCUT2D eigenvalue weighted by Gasteiger charge is 2.48. The van der Waals surface area contributed by atoms with Crippen LogP contribution in [0.3, 0.4) is 0 Å². The van der Waals surface area contributed by atoms with Crippen molar-refractivity contribution in [1.29, 1.82) is 0 Å². The summed E-state index contributed by atoms with van der Waals surface area (Å²) in [5.74, 6) is 1.16. The third-order valence-electron chi connectivity index (χ3n) is 5.37. The summed E-state index contributed by atoms with van der Waals surface area (Å²) >= 11 is 0. The van der Waals surface area contributed by atoms with Crippen molar-refractivity contribution in [3.05, 3.63) is 42.5 Å². The zero-order valence-electron chi connectivity index (χ0n) is 12.9. The van der Waals surface area contributed by atoms with E-state index in [4.69, 9.17) is 5.73 Å². The molecule has 2 saturated carbocycles. The predicted octanol–water partition coefficient (Wildman–Crippen LogP) is 1.26. The van der Waals surface area contributed by atoms with Gasteiger partial charge in [0.1, 0.15) is 12.7 Å². The molecule has 1 heterocycles. The Hall–Kier alpha value is -2.21. The molecule has 0 aliphatic heterocycles. The summed E-state index contributed by atoms with van der Waals surface area (Å²) in [5, 5.41) is 7.15. The maximum absolute atomic E-state index is 12.5. The number of hydrogen-bond donors (Lipinski definition) is 2. The van der Waals surface area contributed by atoms with Gasteiger partial charge in [-0.05, 0) is 48.8 Å². The molecule has 2 bridgehead atoms. The minimum atomic E-state index is 0.00294. The maximum atomic E-state index is 12.5. The minimum Gasteiger partial charge on any atom is -0.352 e. The first-order chi connectivity index (χ1) is 11.2. The van der Waals surface area contributed by atoms with Crippen LogP contribution in [0.15, 0.2) is 36.9 Å². The number of fused-ring (bicyclic) bond motifs is 2. The minimum absolute atomic E-state index is 0.00294. The lowest BCUT2D eigenvalue weighted by atomic mass is 9.84. The summed E-state index contributed by atoms with van der Waals surface area (Å²) in [5.41, 5.74) is 8.25. The number of hydrogen-bond acceptors (Lipinski definition) is 4. The largest absolute Gasteiger partial charge is 0.352 e. The topological polar surface area (TPSA) is 85.8 Å². The second-order valence-electron chi connectivity index (χ2n) is 6.66. The average Bonchev–Trinajstić information content (AvgIpc) is 3.30. The van der Waals surface area contributed by atoms with Crippen LogP contribution >= 0.6 is 0 Å². The Bertz CT molecular complexity index is 680. The van der Waals surface area contributed by atoms with Crippen molar-refractivity contribution >= 4 is 5.91 Å². The summed E-state index contributed by atoms with van der Waals surface area (Å²) in [6.45, 7) is 0.539. The van der Waals surface area contributed by atoms with Crippen LogP contribution in [0.5, 0.6) is 0 Å². The highest BCUT2D eigenvalue weighted by atomic mass is 16.1. The van der Waals surface area contributed by atoms with Crippen LogP contribution in [-0.2, 0) is 11.3 Å². The van der Waals surface area contributed by atoms with E-state index in [-0.39, 0.29) is 17.9 Å². The second kappa shape index (κ2) is 5.77. The molecule has 2 aromatic rings. The number of nitrogens with zero attached hydrogens (tertiary/aromatic N) is 3. The van der Waals surface area contributed by atoms with E-state index in [1.807, 2.05) is 24.3 Å². The molecular formula is C17H21N5O. The van der Waals surface area contributed by atoms with Crippen LogP contribution in [0.1, 0.15) is 24.8 Å². The van der Waals surface area contributed by atoms with E-state index in [0.29, 0.717) is 18.4 Å². The molecule has 2 aliphatic carbocycles. The van der Waals surface area contributed by atoms with Gasteiger partial charge in [-0.2, -0.15) is 5.10 Å². The van der Waals surface area contributed by atoms with Gasteiger partial charge in [-0.1, -0.05) is 12.1 Å². The number of rotatable bonds is 4. The fourth-order valence-corrected chi connectivity index (χ4v) is 4.14. The molecule has 0 radical (unpaired) electrons.